The molecule has 100 valence electrons. The summed E-state index contributed by atoms with van der Waals surface area (Å²) in [5, 5.41) is 5.99. The Balaban J connectivity index is 1.74. The zero-order chi connectivity index (χ0) is 13.2. The number of nitrogens with one attached hydrogen (secondary N) is 3. The van der Waals surface area contributed by atoms with Gasteiger partial charge in [-0.15, -0.1) is 0 Å². The lowest BCUT2D eigenvalue weighted by molar-refractivity contribution is -0.128. The Kier molecular flexibility index (Phi) is 3.18. The van der Waals surface area contributed by atoms with Crippen molar-refractivity contribution in [3.8, 4) is 0 Å². The van der Waals surface area contributed by atoms with Crippen LogP contribution < -0.4 is 10.6 Å². The van der Waals surface area contributed by atoms with Gasteiger partial charge in [0, 0.05) is 18.8 Å². The fraction of sp³-hybridized carbons (Fsp3) is 0.385. The van der Waals surface area contributed by atoms with Crippen LogP contribution in [0.25, 0.3) is 11.0 Å². The van der Waals surface area contributed by atoms with Crippen LogP contribution in [0.4, 0.5) is 5.69 Å². The Morgan fingerprint density at radius 1 is 1.53 bits per heavy atom. The number of hydrogen-bond acceptors (Lipinski definition) is 4. The molecule has 1 amide bonds. The van der Waals surface area contributed by atoms with E-state index in [9.17, 15) is 4.79 Å². The Morgan fingerprint density at radius 3 is 3.21 bits per heavy atom. The van der Waals surface area contributed by atoms with Crippen LogP contribution in [0.1, 0.15) is 5.82 Å². The Bertz CT molecular complexity index is 602. The van der Waals surface area contributed by atoms with Gasteiger partial charge in [0.2, 0.25) is 0 Å². The average Bonchev–Trinajstić information content (AvgIpc) is 2.79. The van der Waals surface area contributed by atoms with Crippen molar-refractivity contribution < 1.29 is 9.53 Å². The second-order valence-corrected chi connectivity index (χ2v) is 4.61. The zero-order valence-electron chi connectivity index (χ0n) is 10.7. The van der Waals surface area contributed by atoms with Gasteiger partial charge in [0.15, 0.2) is 0 Å². The maximum atomic E-state index is 12.0. The van der Waals surface area contributed by atoms with Gasteiger partial charge in [-0.2, -0.15) is 0 Å². The quantitative estimate of drug-likeness (QED) is 0.746. The Hall–Kier alpha value is -1.92. The molecule has 6 nitrogen and oxygen atoms in total. The first kappa shape index (κ1) is 12.1. The first-order valence-electron chi connectivity index (χ1n) is 6.32. The van der Waals surface area contributed by atoms with Crippen LogP contribution in [0.3, 0.4) is 0 Å². The number of H-pyrrole nitrogens is 1. The standard InChI is InChI=1S/C13H16N4O2/c1-8-15-10-3-2-9(6-11(10)16-8)17-13(18)12-7-14-4-5-19-12/h2-3,6,12,14H,4-5,7H2,1H3,(H,15,16)(H,17,18). The van der Waals surface area contributed by atoms with Crippen LogP contribution in [-0.4, -0.2) is 41.7 Å². The highest BCUT2D eigenvalue weighted by atomic mass is 16.5. The van der Waals surface area contributed by atoms with E-state index in [1.165, 1.54) is 0 Å². The molecule has 1 aliphatic heterocycles. The number of aromatic nitrogens is 2. The second-order valence-electron chi connectivity index (χ2n) is 4.61. The third-order valence-electron chi connectivity index (χ3n) is 3.09. The predicted molar refractivity (Wildman–Crippen MR) is 72.1 cm³/mol. The second kappa shape index (κ2) is 4.99. The van der Waals surface area contributed by atoms with E-state index in [-0.39, 0.29) is 5.91 Å². The number of aryl methyl sites for hydroxylation is 1. The van der Waals surface area contributed by atoms with Gasteiger partial charge < -0.3 is 20.4 Å². The van der Waals surface area contributed by atoms with E-state index in [4.69, 9.17) is 4.74 Å². The molecule has 1 aliphatic rings. The number of nitrogens with zero attached hydrogens (tertiary/aromatic N) is 1. The third kappa shape index (κ3) is 2.59. The summed E-state index contributed by atoms with van der Waals surface area (Å²) in [7, 11) is 0. The molecule has 2 aromatic rings. The minimum absolute atomic E-state index is 0.122. The van der Waals surface area contributed by atoms with E-state index in [0.29, 0.717) is 13.2 Å². The van der Waals surface area contributed by atoms with Crippen molar-refractivity contribution in [3.05, 3.63) is 24.0 Å². The van der Waals surface area contributed by atoms with E-state index in [0.717, 1.165) is 29.1 Å². The smallest absolute Gasteiger partial charge is 0.254 e. The van der Waals surface area contributed by atoms with Gasteiger partial charge in [-0.3, -0.25) is 4.79 Å². The largest absolute Gasteiger partial charge is 0.366 e. The number of hydrogen-bond donors (Lipinski definition) is 3. The van der Waals surface area contributed by atoms with Crippen molar-refractivity contribution >= 4 is 22.6 Å². The van der Waals surface area contributed by atoms with Crippen molar-refractivity contribution in [2.45, 2.75) is 13.0 Å². The fourth-order valence-electron chi connectivity index (χ4n) is 2.17. The third-order valence-corrected chi connectivity index (χ3v) is 3.09. The van der Waals surface area contributed by atoms with E-state index in [1.54, 1.807) is 0 Å². The molecular weight excluding hydrogens is 244 g/mol. The molecular formula is C13H16N4O2. The number of amides is 1. The molecule has 6 heteroatoms. The van der Waals surface area contributed by atoms with E-state index < -0.39 is 6.10 Å². The molecule has 1 unspecified atom stereocenters. The Labute approximate surface area is 110 Å². The normalized spacial score (nSPS) is 19.5. The average molecular weight is 260 g/mol. The summed E-state index contributed by atoms with van der Waals surface area (Å²) in [6.07, 6.45) is -0.423. The number of rotatable bonds is 2. The lowest BCUT2D eigenvalue weighted by Gasteiger charge is -2.22. The van der Waals surface area contributed by atoms with Gasteiger partial charge in [-0.1, -0.05) is 0 Å². The van der Waals surface area contributed by atoms with Crippen molar-refractivity contribution in [2.75, 3.05) is 25.0 Å². The van der Waals surface area contributed by atoms with Crippen molar-refractivity contribution in [1.82, 2.24) is 15.3 Å². The summed E-state index contributed by atoms with van der Waals surface area (Å²) in [5.41, 5.74) is 2.55. The molecule has 0 bridgehead atoms. The summed E-state index contributed by atoms with van der Waals surface area (Å²) in [6, 6.07) is 5.61. The molecule has 1 fully saturated rings. The highest BCUT2D eigenvalue weighted by Crippen LogP contribution is 2.17. The van der Waals surface area contributed by atoms with Crippen LogP contribution in [0.5, 0.6) is 0 Å². The van der Waals surface area contributed by atoms with Crippen LogP contribution in [0.15, 0.2) is 18.2 Å². The maximum Gasteiger partial charge on any atom is 0.254 e. The number of benzene rings is 1. The molecule has 0 saturated carbocycles. The molecule has 2 heterocycles. The van der Waals surface area contributed by atoms with E-state index >= 15 is 0 Å². The van der Waals surface area contributed by atoms with Gasteiger partial charge in [-0.05, 0) is 25.1 Å². The Morgan fingerprint density at radius 2 is 2.42 bits per heavy atom. The van der Waals surface area contributed by atoms with Gasteiger partial charge in [-0.25, -0.2) is 4.98 Å². The monoisotopic (exact) mass is 260 g/mol. The minimum atomic E-state index is -0.423. The van der Waals surface area contributed by atoms with E-state index in [2.05, 4.69) is 20.6 Å². The predicted octanol–water partition coefficient (Wildman–Crippen LogP) is 0.798. The molecule has 19 heavy (non-hydrogen) atoms. The highest BCUT2D eigenvalue weighted by molar-refractivity contribution is 5.96. The van der Waals surface area contributed by atoms with Crippen molar-refractivity contribution in [3.63, 3.8) is 0 Å². The number of anilines is 1. The van der Waals surface area contributed by atoms with Gasteiger partial charge >= 0.3 is 0 Å². The summed E-state index contributed by atoms with van der Waals surface area (Å²) in [6.45, 7) is 3.82. The van der Waals surface area contributed by atoms with Crippen LogP contribution in [-0.2, 0) is 9.53 Å². The maximum absolute atomic E-state index is 12.0. The number of morpholine rings is 1. The van der Waals surface area contributed by atoms with Crippen molar-refractivity contribution in [1.29, 1.82) is 0 Å². The number of ether oxygens (including phenoxy) is 1. The SMILES string of the molecule is Cc1nc2ccc(NC(=O)C3CNCCO3)cc2[nH]1. The first-order chi connectivity index (χ1) is 9.22. The molecule has 0 radical (unpaired) electrons. The number of aromatic amines is 1. The molecule has 1 saturated heterocycles. The molecule has 1 aromatic carbocycles. The van der Waals surface area contributed by atoms with E-state index in [1.807, 2.05) is 25.1 Å². The molecule has 1 atom stereocenters. The topological polar surface area (TPSA) is 79.0 Å². The zero-order valence-corrected chi connectivity index (χ0v) is 10.7. The molecule has 3 rings (SSSR count). The number of fused-ring (bicyclic) bond motifs is 1. The number of carbonyl (C=O) groups excluding carboxylic acids is 1. The minimum Gasteiger partial charge on any atom is -0.366 e. The van der Waals surface area contributed by atoms with Crippen LogP contribution in [0.2, 0.25) is 0 Å². The summed E-state index contributed by atoms with van der Waals surface area (Å²) in [5.74, 6) is 0.737. The number of imidazole rings is 1. The van der Waals surface area contributed by atoms with Gasteiger partial charge in [0.05, 0.1) is 17.6 Å². The summed E-state index contributed by atoms with van der Waals surface area (Å²) < 4.78 is 5.41. The first-order valence-corrected chi connectivity index (χ1v) is 6.32. The lowest BCUT2D eigenvalue weighted by atomic mass is 10.2. The van der Waals surface area contributed by atoms with Gasteiger partial charge in [0.25, 0.3) is 5.91 Å². The lowest BCUT2D eigenvalue weighted by Crippen LogP contribution is -2.45. The fourth-order valence-corrected chi connectivity index (χ4v) is 2.17. The summed E-state index contributed by atoms with van der Waals surface area (Å²) in [4.78, 5) is 19.5. The van der Waals surface area contributed by atoms with Crippen LogP contribution >= 0.6 is 0 Å². The number of carbonyl (C=O) groups is 1. The van der Waals surface area contributed by atoms with Gasteiger partial charge in [0.1, 0.15) is 11.9 Å². The highest BCUT2D eigenvalue weighted by Gasteiger charge is 2.21. The summed E-state index contributed by atoms with van der Waals surface area (Å²) >= 11 is 0. The van der Waals surface area contributed by atoms with Crippen molar-refractivity contribution in [2.24, 2.45) is 0 Å². The van der Waals surface area contributed by atoms with Crippen LogP contribution in [0, 0.1) is 6.92 Å². The molecule has 0 spiro atoms. The molecule has 3 N–H and O–H groups in total. The molecule has 1 aromatic heterocycles. The molecule has 0 aliphatic carbocycles.